The highest BCUT2D eigenvalue weighted by molar-refractivity contribution is 5.87. The van der Waals surface area contributed by atoms with Crippen molar-refractivity contribution in [3.05, 3.63) is 36.0 Å². The lowest BCUT2D eigenvalue weighted by Crippen LogP contribution is -2.48. The largest absolute Gasteiger partial charge is 0.465 e. The van der Waals surface area contributed by atoms with Gasteiger partial charge in [0.15, 0.2) is 0 Å². The zero-order chi connectivity index (χ0) is 30.3. The Bertz CT molecular complexity index is 871. The topological polar surface area (TPSA) is 123 Å². The Morgan fingerprint density at radius 1 is 1.02 bits per heavy atom. The van der Waals surface area contributed by atoms with Crippen LogP contribution in [0.25, 0.3) is 0 Å². The van der Waals surface area contributed by atoms with Crippen molar-refractivity contribution in [3.8, 4) is 0 Å². The first kappa shape index (κ1) is 35.0. The molecular weight excluding hydrogens is 522 g/mol. The fourth-order valence-corrected chi connectivity index (χ4v) is 5.87. The van der Waals surface area contributed by atoms with Gasteiger partial charge in [0.25, 0.3) is 0 Å². The van der Waals surface area contributed by atoms with Gasteiger partial charge in [0.1, 0.15) is 0 Å². The number of nitrogens with one attached hydrogen (secondary N) is 1. The number of piperazine rings is 1. The quantitative estimate of drug-likeness (QED) is 0.225. The number of hydrogen-bond donors (Lipinski definition) is 4. The summed E-state index contributed by atoms with van der Waals surface area (Å²) in [5.74, 6) is 1.08. The van der Waals surface area contributed by atoms with Gasteiger partial charge >= 0.3 is 6.09 Å². The van der Waals surface area contributed by atoms with Crippen molar-refractivity contribution < 1.29 is 29.6 Å². The maximum absolute atomic E-state index is 11.8. The number of amides is 2. The second kappa shape index (κ2) is 18.4. The van der Waals surface area contributed by atoms with Crippen LogP contribution in [0.4, 0.5) is 4.79 Å². The van der Waals surface area contributed by atoms with Crippen LogP contribution < -0.4 is 5.32 Å². The van der Waals surface area contributed by atoms with Crippen LogP contribution in [0, 0.1) is 11.8 Å². The summed E-state index contributed by atoms with van der Waals surface area (Å²) in [6.45, 7) is 12.0. The predicted molar refractivity (Wildman–Crippen MR) is 163 cm³/mol. The van der Waals surface area contributed by atoms with Gasteiger partial charge in [-0.3, -0.25) is 9.69 Å². The molecule has 0 spiro atoms. The van der Waals surface area contributed by atoms with E-state index in [2.05, 4.69) is 49.2 Å². The summed E-state index contributed by atoms with van der Waals surface area (Å²) in [5.41, 5.74) is 1.11. The second-order valence-electron chi connectivity index (χ2n) is 12.3. The predicted octanol–water partition coefficient (Wildman–Crippen LogP) is 4.36. The standard InChI is InChI=1S/C25H41NO3.C7H14N2O3/c1-5-6-7-24(28)26-22-13-11-20(12-14-22)10-8-19(2)9-15-23-16-21(18-27)17-25(3,4)29-23;10-6-5-8-1-3-9(4-2-8)7(11)12/h6-9,15,20-23,27H,5,10-14,16-18H2,1-4H3,(H,26,28);10H,1-6H2,(H,11,12)/b7-6-,15-9+,19-8+;. The first-order chi connectivity index (χ1) is 19.5. The summed E-state index contributed by atoms with van der Waals surface area (Å²) < 4.78 is 6.15. The minimum absolute atomic E-state index is 0.0488. The monoisotopic (exact) mass is 577 g/mol. The molecule has 234 valence electrons. The number of carboxylic acid groups (broad SMARTS) is 1. The first-order valence-corrected chi connectivity index (χ1v) is 15.5. The molecule has 0 aromatic heterocycles. The van der Waals surface area contributed by atoms with Crippen molar-refractivity contribution >= 4 is 12.0 Å². The maximum Gasteiger partial charge on any atom is 0.407 e. The molecule has 0 aromatic carbocycles. The van der Waals surface area contributed by atoms with E-state index < -0.39 is 6.09 Å². The van der Waals surface area contributed by atoms with Crippen LogP contribution in [0.1, 0.15) is 79.1 Å². The molecule has 0 bridgehead atoms. The van der Waals surface area contributed by atoms with Crippen molar-refractivity contribution in [2.45, 2.75) is 96.8 Å². The molecule has 9 heteroatoms. The first-order valence-electron chi connectivity index (χ1n) is 15.5. The summed E-state index contributed by atoms with van der Waals surface area (Å²) in [4.78, 5) is 25.7. The number of carbonyl (C=O) groups is 2. The van der Waals surface area contributed by atoms with Crippen molar-refractivity contribution in [2.75, 3.05) is 45.9 Å². The summed E-state index contributed by atoms with van der Waals surface area (Å²) in [6.07, 6.45) is 17.8. The van der Waals surface area contributed by atoms with E-state index in [0.29, 0.717) is 37.5 Å². The highest BCUT2D eigenvalue weighted by Crippen LogP contribution is 2.33. The molecule has 0 radical (unpaired) electrons. The fraction of sp³-hybridized carbons (Fsp3) is 0.750. The third-order valence-electron chi connectivity index (χ3n) is 8.18. The van der Waals surface area contributed by atoms with Crippen molar-refractivity contribution in [2.24, 2.45) is 11.8 Å². The van der Waals surface area contributed by atoms with Crippen LogP contribution in [-0.2, 0) is 9.53 Å². The number of hydrogen-bond acceptors (Lipinski definition) is 6. The molecule has 2 aliphatic heterocycles. The second-order valence-corrected chi connectivity index (χ2v) is 12.3. The third-order valence-corrected chi connectivity index (χ3v) is 8.18. The summed E-state index contributed by atoms with van der Waals surface area (Å²) in [6, 6.07) is 0.330. The lowest BCUT2D eigenvalue weighted by molar-refractivity contribution is -0.117. The number of rotatable bonds is 10. The number of aliphatic hydroxyl groups excluding tert-OH is 2. The molecule has 2 unspecified atom stereocenters. The van der Waals surface area contributed by atoms with E-state index in [1.165, 1.54) is 23.3 Å². The van der Waals surface area contributed by atoms with Crippen molar-refractivity contribution in [1.82, 2.24) is 15.1 Å². The number of ether oxygens (including phenoxy) is 1. The van der Waals surface area contributed by atoms with Gasteiger partial charge in [-0.1, -0.05) is 36.8 Å². The highest BCUT2D eigenvalue weighted by Gasteiger charge is 2.33. The smallest absolute Gasteiger partial charge is 0.407 e. The molecule has 3 aliphatic rings. The van der Waals surface area contributed by atoms with E-state index in [1.54, 1.807) is 6.08 Å². The van der Waals surface area contributed by atoms with Crippen molar-refractivity contribution in [3.63, 3.8) is 0 Å². The van der Waals surface area contributed by atoms with Crippen LogP contribution in [0.2, 0.25) is 0 Å². The molecule has 0 aromatic rings. The normalized spacial score (nSPS) is 27.5. The average molecular weight is 578 g/mol. The molecule has 41 heavy (non-hydrogen) atoms. The van der Waals surface area contributed by atoms with E-state index in [9.17, 15) is 14.7 Å². The van der Waals surface area contributed by atoms with Gasteiger partial charge in [0.2, 0.25) is 5.91 Å². The minimum atomic E-state index is -0.848. The molecule has 3 rings (SSSR count). The SMILES string of the molecule is CC/C=C\C(=O)NC1CCC(C/C=C(C)/C=C/C2CC(CO)CC(C)(C)O2)CC1.O=C(O)N1CCN(CCO)CC1. The van der Waals surface area contributed by atoms with E-state index in [0.717, 1.165) is 51.6 Å². The Morgan fingerprint density at radius 3 is 2.29 bits per heavy atom. The Hall–Kier alpha value is -2.20. The van der Waals surface area contributed by atoms with Gasteiger partial charge in [-0.05, 0) is 90.0 Å². The Balaban J connectivity index is 0.000000408. The molecule has 2 atom stereocenters. The number of aliphatic hydroxyl groups is 2. The van der Waals surface area contributed by atoms with Gasteiger partial charge in [-0.2, -0.15) is 0 Å². The molecule has 9 nitrogen and oxygen atoms in total. The Labute approximate surface area is 247 Å². The van der Waals surface area contributed by atoms with Gasteiger partial charge in [-0.15, -0.1) is 0 Å². The lowest BCUT2D eigenvalue weighted by atomic mass is 9.83. The molecule has 2 amide bonds. The van der Waals surface area contributed by atoms with E-state index >= 15 is 0 Å². The van der Waals surface area contributed by atoms with Gasteiger partial charge in [-0.25, -0.2) is 4.79 Å². The molecule has 1 saturated carbocycles. The van der Waals surface area contributed by atoms with Crippen molar-refractivity contribution in [1.29, 1.82) is 0 Å². The molecule has 2 saturated heterocycles. The highest BCUT2D eigenvalue weighted by atomic mass is 16.5. The van der Waals surface area contributed by atoms with E-state index in [-0.39, 0.29) is 30.8 Å². The maximum atomic E-state index is 11.8. The van der Waals surface area contributed by atoms with E-state index in [4.69, 9.17) is 14.9 Å². The number of carbonyl (C=O) groups excluding carboxylic acids is 1. The Kier molecular flexibility index (Phi) is 15.7. The molecule has 4 N–H and O–H groups in total. The fourth-order valence-electron chi connectivity index (χ4n) is 5.87. The minimum Gasteiger partial charge on any atom is -0.465 e. The number of allylic oxidation sites excluding steroid dienone is 4. The lowest BCUT2D eigenvalue weighted by Gasteiger charge is -2.39. The average Bonchev–Trinajstić information content (AvgIpc) is 2.94. The summed E-state index contributed by atoms with van der Waals surface area (Å²) in [7, 11) is 0. The van der Waals surface area contributed by atoms with Crippen LogP contribution in [0.3, 0.4) is 0 Å². The molecule has 2 heterocycles. The van der Waals surface area contributed by atoms with E-state index in [1.807, 2.05) is 13.0 Å². The molecule has 1 aliphatic carbocycles. The third kappa shape index (κ3) is 14.0. The zero-order valence-electron chi connectivity index (χ0n) is 25.8. The zero-order valence-corrected chi connectivity index (χ0v) is 25.8. The number of nitrogens with zero attached hydrogens (tertiary/aromatic N) is 2. The summed E-state index contributed by atoms with van der Waals surface area (Å²) in [5, 5.41) is 29.9. The molecular formula is C32H55N3O6. The summed E-state index contributed by atoms with van der Waals surface area (Å²) >= 11 is 0. The van der Waals surface area contributed by atoms with Gasteiger partial charge < -0.3 is 30.3 Å². The van der Waals surface area contributed by atoms with Crippen LogP contribution in [-0.4, -0.2) is 101 Å². The van der Waals surface area contributed by atoms with Crippen LogP contribution in [0.15, 0.2) is 36.0 Å². The van der Waals surface area contributed by atoms with Crippen LogP contribution >= 0.6 is 0 Å². The van der Waals surface area contributed by atoms with Crippen LogP contribution in [0.5, 0.6) is 0 Å². The molecule has 3 fully saturated rings. The van der Waals surface area contributed by atoms with Gasteiger partial charge in [0.05, 0.1) is 18.3 Å². The number of β-amino-alcohol motifs (C(OH)–C–C–N with tert-alkyl or cyclic N) is 1. The van der Waals surface area contributed by atoms with Gasteiger partial charge in [0, 0.05) is 45.4 Å². The Morgan fingerprint density at radius 2 is 1.71 bits per heavy atom.